The molecule has 2 heterocycles. The highest BCUT2D eigenvalue weighted by atomic mass is 35.5. The van der Waals surface area contributed by atoms with E-state index in [-0.39, 0.29) is 29.9 Å². The van der Waals surface area contributed by atoms with Crippen LogP contribution in [-0.4, -0.2) is 30.3 Å². The molecule has 1 aliphatic heterocycles. The Labute approximate surface area is 138 Å². The molecule has 0 amide bonds. The molecule has 3 rings (SSSR count). The van der Waals surface area contributed by atoms with Gasteiger partial charge in [0.25, 0.3) is 0 Å². The summed E-state index contributed by atoms with van der Waals surface area (Å²) < 4.78 is 24.7. The van der Waals surface area contributed by atoms with Crippen molar-refractivity contribution in [2.75, 3.05) is 31.8 Å². The fraction of sp³-hybridized carbons (Fsp3) is 0.231. The lowest BCUT2D eigenvalue weighted by Crippen LogP contribution is -2.15. The summed E-state index contributed by atoms with van der Waals surface area (Å²) in [4.78, 5) is 11.2. The predicted molar refractivity (Wildman–Crippen MR) is 85.7 cm³/mol. The van der Waals surface area contributed by atoms with Gasteiger partial charge < -0.3 is 25.8 Å². The van der Waals surface area contributed by atoms with E-state index in [1.807, 2.05) is 0 Å². The van der Waals surface area contributed by atoms with Gasteiger partial charge in [-0.25, -0.2) is 15.3 Å². The molecule has 1 aliphatic rings. The number of rotatable bonds is 1. The van der Waals surface area contributed by atoms with Gasteiger partial charge in [-0.1, -0.05) is 0 Å². The second-order valence-corrected chi connectivity index (χ2v) is 4.22. The summed E-state index contributed by atoms with van der Waals surface area (Å²) >= 11 is 0. The smallest absolute Gasteiger partial charge is 0.222 e. The second-order valence-electron chi connectivity index (χ2n) is 4.22. The average Bonchev–Trinajstić information content (AvgIpc) is 2.51. The first-order chi connectivity index (χ1) is 10.6. The summed E-state index contributed by atoms with van der Waals surface area (Å²) in [6, 6.07) is 4.99. The van der Waals surface area contributed by atoms with E-state index in [1.165, 1.54) is 7.11 Å². The van der Waals surface area contributed by atoms with Crippen molar-refractivity contribution in [3.63, 3.8) is 0 Å². The first-order valence-electron chi connectivity index (χ1n) is 6.28. The summed E-state index contributed by atoms with van der Waals surface area (Å²) in [5, 5.41) is 0. The van der Waals surface area contributed by atoms with Gasteiger partial charge in [-0.2, -0.15) is 4.98 Å². The van der Waals surface area contributed by atoms with Crippen molar-refractivity contribution in [3.8, 4) is 22.8 Å². The third-order valence-electron chi connectivity index (χ3n) is 2.71. The van der Waals surface area contributed by atoms with Crippen molar-refractivity contribution in [2.24, 2.45) is 5.90 Å². The van der Waals surface area contributed by atoms with Crippen molar-refractivity contribution in [1.82, 2.24) is 9.97 Å². The van der Waals surface area contributed by atoms with Crippen molar-refractivity contribution < 1.29 is 18.7 Å². The number of nitrogens with zero attached hydrogens (tertiary/aromatic N) is 2. The minimum atomic E-state index is -0.703. The number of benzene rings is 1. The Balaban J connectivity index is 0.000000615. The fourth-order valence-electron chi connectivity index (χ4n) is 1.86. The molecule has 10 heteroatoms. The van der Waals surface area contributed by atoms with E-state index in [2.05, 4.69) is 20.7 Å². The number of aromatic nitrogens is 2. The van der Waals surface area contributed by atoms with Gasteiger partial charge >= 0.3 is 0 Å². The van der Waals surface area contributed by atoms with Gasteiger partial charge in [0, 0.05) is 5.56 Å². The maximum absolute atomic E-state index is 13.9. The molecule has 1 aromatic heterocycles. The third-order valence-corrected chi connectivity index (χ3v) is 2.71. The molecule has 23 heavy (non-hydrogen) atoms. The van der Waals surface area contributed by atoms with Gasteiger partial charge in [-0.3, -0.25) is 0 Å². The summed E-state index contributed by atoms with van der Waals surface area (Å²) in [6.45, 7) is 0.946. The molecule has 1 aromatic carbocycles. The SMILES string of the molecule is CON.Cl.Nc1nc(N)c(F)c(-c2ccc3c(c2)OCCO3)n1. The highest BCUT2D eigenvalue weighted by molar-refractivity contribution is 5.85. The Bertz CT molecular complexity index is 674. The van der Waals surface area contributed by atoms with E-state index in [4.69, 9.17) is 20.9 Å². The van der Waals surface area contributed by atoms with Crippen molar-refractivity contribution in [3.05, 3.63) is 24.0 Å². The van der Waals surface area contributed by atoms with E-state index >= 15 is 0 Å². The average molecular weight is 346 g/mol. The Morgan fingerprint density at radius 1 is 1.13 bits per heavy atom. The monoisotopic (exact) mass is 345 g/mol. The number of fused-ring (bicyclic) bond motifs is 1. The minimum Gasteiger partial charge on any atom is -0.486 e. The van der Waals surface area contributed by atoms with Crippen LogP contribution in [0.5, 0.6) is 11.5 Å². The molecule has 0 fully saturated rings. The number of anilines is 2. The largest absolute Gasteiger partial charge is 0.486 e. The molecule has 0 atom stereocenters. The molecule has 0 unspecified atom stereocenters. The van der Waals surface area contributed by atoms with Gasteiger partial charge in [0.1, 0.15) is 18.9 Å². The standard InChI is InChI=1S/C12H11FN4O2.CH5NO.ClH/c13-9-10(16-12(15)17-11(9)14)6-1-2-7-8(5-6)19-4-3-18-7;1-3-2;/h1-2,5H,3-4H2,(H4,14,15,16,17);2H2,1H3;1H. The summed E-state index contributed by atoms with van der Waals surface area (Å²) in [6.07, 6.45) is 0. The molecule has 0 aliphatic carbocycles. The highest BCUT2D eigenvalue weighted by Gasteiger charge is 2.17. The van der Waals surface area contributed by atoms with Gasteiger partial charge in [-0.15, -0.1) is 12.4 Å². The third kappa shape index (κ3) is 4.31. The van der Waals surface area contributed by atoms with Crippen LogP contribution < -0.4 is 26.8 Å². The molecule has 2 aromatic rings. The van der Waals surface area contributed by atoms with E-state index in [9.17, 15) is 4.39 Å². The molecule has 0 saturated carbocycles. The molecule has 0 bridgehead atoms. The first kappa shape index (κ1) is 18.7. The minimum absolute atomic E-state index is 0. The lowest BCUT2D eigenvalue weighted by Gasteiger charge is -2.18. The molecule has 0 spiro atoms. The molecule has 6 N–H and O–H groups in total. The molecular weight excluding hydrogens is 329 g/mol. The van der Waals surface area contributed by atoms with E-state index in [0.717, 1.165) is 0 Å². The van der Waals surface area contributed by atoms with Crippen LogP contribution in [0.2, 0.25) is 0 Å². The molecule has 0 radical (unpaired) electrons. The Morgan fingerprint density at radius 2 is 1.74 bits per heavy atom. The van der Waals surface area contributed by atoms with Crippen molar-refractivity contribution in [1.29, 1.82) is 0 Å². The number of nitrogens with two attached hydrogens (primary N) is 3. The number of ether oxygens (including phenoxy) is 2. The first-order valence-corrected chi connectivity index (χ1v) is 6.28. The Morgan fingerprint density at radius 3 is 2.39 bits per heavy atom. The van der Waals surface area contributed by atoms with Crippen LogP contribution in [0.25, 0.3) is 11.3 Å². The summed E-state index contributed by atoms with van der Waals surface area (Å²) in [7, 11) is 1.40. The van der Waals surface area contributed by atoms with Gasteiger partial charge in [0.05, 0.1) is 7.11 Å². The van der Waals surface area contributed by atoms with Gasteiger partial charge in [-0.05, 0) is 18.2 Å². The van der Waals surface area contributed by atoms with Gasteiger partial charge in [0.15, 0.2) is 23.1 Å². The van der Waals surface area contributed by atoms with Gasteiger partial charge in [0.2, 0.25) is 5.95 Å². The summed E-state index contributed by atoms with van der Waals surface area (Å²) in [5.41, 5.74) is 11.5. The zero-order chi connectivity index (χ0) is 16.1. The van der Waals surface area contributed by atoms with Crippen LogP contribution in [0.3, 0.4) is 0 Å². The van der Waals surface area contributed by atoms with E-state index in [1.54, 1.807) is 18.2 Å². The molecular formula is C13H17ClFN5O3. The van der Waals surface area contributed by atoms with Crippen LogP contribution in [0.4, 0.5) is 16.2 Å². The van der Waals surface area contributed by atoms with Crippen molar-refractivity contribution in [2.45, 2.75) is 0 Å². The molecule has 0 saturated heterocycles. The number of nitrogen functional groups attached to an aromatic ring is 2. The maximum atomic E-state index is 13.9. The Kier molecular flexibility index (Phi) is 6.76. The topological polar surface area (TPSA) is 132 Å². The second kappa shape index (κ2) is 8.32. The normalized spacial score (nSPS) is 11.8. The number of hydrogen-bond acceptors (Lipinski definition) is 8. The predicted octanol–water partition coefficient (Wildman–Crippen LogP) is 1.15. The summed E-state index contributed by atoms with van der Waals surface area (Å²) in [5.74, 6) is 4.44. The highest BCUT2D eigenvalue weighted by Crippen LogP contribution is 2.35. The number of hydrogen-bond donors (Lipinski definition) is 3. The van der Waals surface area contributed by atoms with Crippen LogP contribution >= 0.6 is 12.4 Å². The van der Waals surface area contributed by atoms with Crippen LogP contribution in [0.15, 0.2) is 18.2 Å². The van der Waals surface area contributed by atoms with Crippen LogP contribution in [-0.2, 0) is 4.84 Å². The zero-order valence-electron chi connectivity index (χ0n) is 12.3. The molecule has 8 nitrogen and oxygen atoms in total. The fourth-order valence-corrected chi connectivity index (χ4v) is 1.86. The maximum Gasteiger partial charge on any atom is 0.222 e. The Hall–Kier alpha value is -2.36. The van der Waals surface area contributed by atoms with Crippen molar-refractivity contribution >= 4 is 24.2 Å². The quantitative estimate of drug-likeness (QED) is 0.656. The van der Waals surface area contributed by atoms with Crippen LogP contribution in [0, 0.1) is 5.82 Å². The van der Waals surface area contributed by atoms with E-state index < -0.39 is 5.82 Å². The van der Waals surface area contributed by atoms with Crippen LogP contribution in [0.1, 0.15) is 0 Å². The lowest BCUT2D eigenvalue weighted by atomic mass is 10.1. The van der Waals surface area contributed by atoms with E-state index in [0.29, 0.717) is 30.3 Å². The number of halogens is 2. The lowest BCUT2D eigenvalue weighted by molar-refractivity contribution is 0.171. The zero-order valence-corrected chi connectivity index (χ0v) is 13.1. The molecule has 126 valence electrons.